The number of halogens is 1. The summed E-state index contributed by atoms with van der Waals surface area (Å²) in [5.74, 6) is 0.211. The third-order valence-electron chi connectivity index (χ3n) is 9.20. The number of H-pyrrole nitrogens is 1. The quantitative estimate of drug-likeness (QED) is 0.373. The first-order valence-corrected chi connectivity index (χ1v) is 16.4. The first-order valence-electron chi connectivity index (χ1n) is 14.6. The van der Waals surface area contributed by atoms with E-state index in [1.165, 1.54) is 5.56 Å². The number of ether oxygens (including phenoxy) is 2. The molecule has 1 saturated carbocycles. The van der Waals surface area contributed by atoms with Gasteiger partial charge in [-0.3, -0.25) is 4.79 Å². The normalized spacial score (nSPS) is 22.6. The number of carbonyl (C=O) groups is 1. The van der Waals surface area contributed by atoms with E-state index in [-0.39, 0.29) is 22.8 Å². The third kappa shape index (κ3) is 5.92. The maximum Gasteiger partial charge on any atom is 0.240 e. The van der Waals surface area contributed by atoms with E-state index in [4.69, 9.17) is 21.1 Å². The highest BCUT2D eigenvalue weighted by atomic mass is 35.5. The molecule has 41 heavy (non-hydrogen) atoms. The van der Waals surface area contributed by atoms with Crippen molar-refractivity contribution >= 4 is 38.4 Å². The Bertz CT molecular complexity index is 1500. The standard InChI is InChI=1S/C31H38ClN3O5S/c1-39-17-12-21-2-4-22(5-3-21)29-28(32)26-11-10-25(18-27(26)33-29)41(37,38)34-24-8-6-23(7-9-24)30(36)35-15-13-31(14-16-35)19-40-20-31/h2-5,10-11,18,23-24,33-34H,6-9,12-17,19-20H2,1H3/t23-,24-. The first-order chi connectivity index (χ1) is 19.8. The van der Waals surface area contributed by atoms with Gasteiger partial charge in [0.05, 0.1) is 35.4 Å². The van der Waals surface area contributed by atoms with Crippen molar-refractivity contribution in [2.24, 2.45) is 11.3 Å². The molecule has 1 amide bonds. The molecule has 3 aromatic rings. The summed E-state index contributed by atoms with van der Waals surface area (Å²) in [4.78, 5) is 18.7. The average Bonchev–Trinajstić information content (AvgIpc) is 3.31. The lowest BCUT2D eigenvalue weighted by molar-refractivity contribution is -0.156. The molecule has 6 rings (SSSR count). The predicted molar refractivity (Wildman–Crippen MR) is 159 cm³/mol. The molecule has 8 nitrogen and oxygen atoms in total. The van der Waals surface area contributed by atoms with E-state index in [1.807, 2.05) is 29.2 Å². The van der Waals surface area contributed by atoms with Gasteiger partial charge in [0.2, 0.25) is 15.9 Å². The maximum atomic E-state index is 13.3. The van der Waals surface area contributed by atoms with Crippen molar-refractivity contribution in [2.45, 2.75) is 55.9 Å². The van der Waals surface area contributed by atoms with Crippen LogP contribution in [0.5, 0.6) is 0 Å². The number of carbonyl (C=O) groups excluding carboxylic acids is 1. The number of likely N-dealkylation sites (tertiary alicyclic amines) is 1. The molecular weight excluding hydrogens is 562 g/mol. The molecule has 220 valence electrons. The summed E-state index contributed by atoms with van der Waals surface area (Å²) < 4.78 is 40.1. The van der Waals surface area contributed by atoms with E-state index < -0.39 is 10.0 Å². The van der Waals surface area contributed by atoms with Gasteiger partial charge in [0.25, 0.3) is 0 Å². The number of nitrogens with zero attached hydrogens (tertiary/aromatic N) is 1. The van der Waals surface area contributed by atoms with Gasteiger partial charge in [0.1, 0.15) is 0 Å². The number of fused-ring (bicyclic) bond motifs is 1. The number of piperidine rings is 1. The summed E-state index contributed by atoms with van der Waals surface area (Å²) in [6.07, 6.45) is 5.59. The maximum absolute atomic E-state index is 13.3. The largest absolute Gasteiger partial charge is 0.384 e. The number of nitrogens with one attached hydrogen (secondary N) is 2. The Morgan fingerprint density at radius 3 is 2.44 bits per heavy atom. The van der Waals surface area contributed by atoms with Crippen LogP contribution in [0.25, 0.3) is 22.2 Å². The summed E-state index contributed by atoms with van der Waals surface area (Å²) in [7, 11) is -2.05. The third-order valence-corrected chi connectivity index (χ3v) is 11.1. The Balaban J connectivity index is 1.08. The lowest BCUT2D eigenvalue weighted by Gasteiger charge is -2.48. The van der Waals surface area contributed by atoms with Gasteiger partial charge in [0, 0.05) is 48.5 Å². The number of aromatic nitrogens is 1. The molecule has 1 aliphatic carbocycles. The van der Waals surface area contributed by atoms with Gasteiger partial charge in [-0.1, -0.05) is 35.9 Å². The number of amides is 1. The fourth-order valence-electron chi connectivity index (χ4n) is 6.45. The van der Waals surface area contributed by atoms with Crippen LogP contribution in [0.15, 0.2) is 47.4 Å². The minimum atomic E-state index is -3.73. The van der Waals surface area contributed by atoms with Crippen LogP contribution >= 0.6 is 11.6 Å². The van der Waals surface area contributed by atoms with Gasteiger partial charge in [-0.05, 0) is 74.3 Å². The second-order valence-electron chi connectivity index (χ2n) is 11.9. The lowest BCUT2D eigenvalue weighted by atomic mass is 9.76. The number of hydrogen-bond donors (Lipinski definition) is 2. The molecule has 1 aromatic heterocycles. The van der Waals surface area contributed by atoms with E-state index in [0.29, 0.717) is 48.2 Å². The zero-order valence-electron chi connectivity index (χ0n) is 23.5. The summed E-state index contributed by atoms with van der Waals surface area (Å²) in [6, 6.07) is 12.9. The van der Waals surface area contributed by atoms with Crippen molar-refractivity contribution in [3.63, 3.8) is 0 Å². The SMILES string of the molecule is COCCc1ccc(-c2[nH]c3cc(S(=O)(=O)N[C@H]4CC[C@H](C(=O)N5CCC6(CC5)COC6)CC4)ccc3c2Cl)cc1. The smallest absolute Gasteiger partial charge is 0.240 e. The molecule has 1 spiro atoms. The number of methoxy groups -OCH3 is 1. The Hall–Kier alpha value is -2.43. The fourth-order valence-corrected chi connectivity index (χ4v) is 8.10. The van der Waals surface area contributed by atoms with Gasteiger partial charge >= 0.3 is 0 Å². The number of hydrogen-bond acceptors (Lipinski definition) is 5. The van der Waals surface area contributed by atoms with Crippen LogP contribution < -0.4 is 4.72 Å². The summed E-state index contributed by atoms with van der Waals surface area (Å²) >= 11 is 6.70. The average molecular weight is 600 g/mol. The van der Waals surface area contributed by atoms with Crippen LogP contribution in [0.1, 0.15) is 44.1 Å². The minimum absolute atomic E-state index is 0.0210. The molecule has 2 aromatic carbocycles. The molecule has 0 atom stereocenters. The van der Waals surface area contributed by atoms with Crippen molar-refractivity contribution < 1.29 is 22.7 Å². The predicted octanol–water partition coefficient (Wildman–Crippen LogP) is 5.15. The van der Waals surface area contributed by atoms with Gasteiger partial charge < -0.3 is 19.4 Å². The fraction of sp³-hybridized carbons (Fsp3) is 0.516. The number of sulfonamides is 1. The van der Waals surface area contributed by atoms with E-state index in [9.17, 15) is 13.2 Å². The topological polar surface area (TPSA) is 101 Å². The zero-order valence-corrected chi connectivity index (χ0v) is 25.0. The van der Waals surface area contributed by atoms with Crippen molar-refractivity contribution in [1.82, 2.24) is 14.6 Å². The first kappa shape index (κ1) is 28.7. The van der Waals surface area contributed by atoms with Crippen molar-refractivity contribution in [3.8, 4) is 11.3 Å². The summed E-state index contributed by atoms with van der Waals surface area (Å²) in [6.45, 7) is 3.93. The molecule has 3 fully saturated rings. The number of benzene rings is 2. The Kier molecular flexibility index (Phi) is 8.17. The van der Waals surface area contributed by atoms with Gasteiger partial charge in [-0.25, -0.2) is 13.1 Å². The molecule has 0 radical (unpaired) electrons. The highest BCUT2D eigenvalue weighted by molar-refractivity contribution is 7.89. The lowest BCUT2D eigenvalue weighted by Crippen LogP contribution is -2.53. The van der Waals surface area contributed by atoms with E-state index in [2.05, 4.69) is 9.71 Å². The molecule has 0 bridgehead atoms. The monoisotopic (exact) mass is 599 g/mol. The van der Waals surface area contributed by atoms with Crippen molar-refractivity contribution in [2.75, 3.05) is 40.0 Å². The number of aromatic amines is 1. The van der Waals surface area contributed by atoms with Crippen LogP contribution in [0.4, 0.5) is 0 Å². The molecular formula is C31H38ClN3O5S. The van der Waals surface area contributed by atoms with Gasteiger partial charge in [-0.15, -0.1) is 0 Å². The molecule has 0 unspecified atom stereocenters. The van der Waals surface area contributed by atoms with Crippen LogP contribution in [0, 0.1) is 11.3 Å². The minimum Gasteiger partial charge on any atom is -0.384 e. The van der Waals surface area contributed by atoms with Gasteiger partial charge in [-0.2, -0.15) is 0 Å². The summed E-state index contributed by atoms with van der Waals surface area (Å²) in [5.41, 5.74) is 3.84. The van der Waals surface area contributed by atoms with Crippen molar-refractivity contribution in [3.05, 3.63) is 53.1 Å². The van der Waals surface area contributed by atoms with E-state index in [0.717, 1.165) is 62.2 Å². The molecule has 2 saturated heterocycles. The highest BCUT2D eigenvalue weighted by Crippen LogP contribution is 2.39. The Labute approximate surface area is 246 Å². The second kappa shape index (κ2) is 11.7. The molecule has 2 aliphatic heterocycles. The molecule has 3 heterocycles. The summed E-state index contributed by atoms with van der Waals surface area (Å²) in [5, 5.41) is 1.34. The molecule has 10 heteroatoms. The Morgan fingerprint density at radius 1 is 1.10 bits per heavy atom. The van der Waals surface area contributed by atoms with Crippen LogP contribution in [0.3, 0.4) is 0 Å². The van der Waals surface area contributed by atoms with Crippen molar-refractivity contribution in [1.29, 1.82) is 0 Å². The zero-order chi connectivity index (χ0) is 28.6. The van der Waals surface area contributed by atoms with E-state index in [1.54, 1.807) is 25.3 Å². The second-order valence-corrected chi connectivity index (χ2v) is 14.0. The Morgan fingerprint density at radius 2 is 1.80 bits per heavy atom. The van der Waals surface area contributed by atoms with Crippen LogP contribution in [0.2, 0.25) is 5.02 Å². The van der Waals surface area contributed by atoms with Gasteiger partial charge in [0.15, 0.2) is 0 Å². The molecule has 2 N–H and O–H groups in total. The molecule has 3 aliphatic rings. The number of rotatable bonds is 8. The van der Waals surface area contributed by atoms with Crippen LogP contribution in [-0.2, 0) is 30.7 Å². The highest BCUT2D eigenvalue weighted by Gasteiger charge is 2.43. The van der Waals surface area contributed by atoms with Crippen LogP contribution in [-0.4, -0.2) is 70.3 Å². The van der Waals surface area contributed by atoms with E-state index >= 15 is 0 Å².